The van der Waals surface area contributed by atoms with Gasteiger partial charge in [0.05, 0.1) is 11.0 Å². The summed E-state index contributed by atoms with van der Waals surface area (Å²) in [5, 5.41) is 10.6. The molecule has 0 bridgehead atoms. The molecule has 0 fully saturated rings. The summed E-state index contributed by atoms with van der Waals surface area (Å²) < 4.78 is 0. The van der Waals surface area contributed by atoms with E-state index in [4.69, 9.17) is 5.11 Å². The fourth-order valence-electron chi connectivity index (χ4n) is 1.82. The van der Waals surface area contributed by atoms with Gasteiger partial charge in [0.15, 0.2) is 0 Å². The monoisotopic (exact) mass is 318 g/mol. The summed E-state index contributed by atoms with van der Waals surface area (Å²) in [5.41, 5.74) is 1.67. The molecular formula is C14H10N2O3S2. The van der Waals surface area contributed by atoms with Crippen LogP contribution in [0, 0.1) is 0 Å². The minimum atomic E-state index is -0.937. The highest BCUT2D eigenvalue weighted by Gasteiger charge is 2.09. The van der Waals surface area contributed by atoms with Crippen molar-refractivity contribution in [2.45, 2.75) is 10.6 Å². The Morgan fingerprint density at radius 2 is 2.19 bits per heavy atom. The normalized spacial score (nSPS) is 10.9. The molecule has 0 atom stereocenters. The number of nitrogens with zero attached hydrogens (tertiary/aromatic N) is 1. The van der Waals surface area contributed by atoms with Crippen molar-refractivity contribution in [3.63, 3.8) is 0 Å². The number of nitrogens with one attached hydrogen (secondary N) is 1. The van der Waals surface area contributed by atoms with Gasteiger partial charge in [-0.3, -0.25) is 4.79 Å². The molecule has 0 aliphatic rings. The van der Waals surface area contributed by atoms with Gasteiger partial charge in [-0.25, -0.2) is 9.78 Å². The Hall–Kier alpha value is -2.12. The van der Waals surface area contributed by atoms with Gasteiger partial charge in [-0.2, -0.15) is 0 Å². The topological polar surface area (TPSA) is 83.0 Å². The van der Waals surface area contributed by atoms with E-state index >= 15 is 0 Å². The second-order valence-electron chi connectivity index (χ2n) is 4.27. The molecule has 2 aromatic heterocycles. The van der Waals surface area contributed by atoms with Crippen molar-refractivity contribution < 1.29 is 9.90 Å². The summed E-state index contributed by atoms with van der Waals surface area (Å²) in [5.74, 6) is -0.538. The maximum atomic E-state index is 11.9. The molecule has 3 aromatic rings. The van der Waals surface area contributed by atoms with E-state index in [1.54, 1.807) is 17.5 Å². The zero-order valence-corrected chi connectivity index (χ0v) is 12.3. The van der Waals surface area contributed by atoms with E-state index < -0.39 is 5.97 Å². The predicted molar refractivity (Wildman–Crippen MR) is 83.2 cm³/mol. The van der Waals surface area contributed by atoms with Gasteiger partial charge in [-0.05, 0) is 18.2 Å². The number of benzene rings is 1. The minimum Gasteiger partial charge on any atom is -0.477 e. The van der Waals surface area contributed by atoms with Crippen LogP contribution in [0.5, 0.6) is 0 Å². The van der Waals surface area contributed by atoms with E-state index in [0.29, 0.717) is 17.0 Å². The zero-order valence-electron chi connectivity index (χ0n) is 10.7. The third kappa shape index (κ3) is 2.98. The highest BCUT2D eigenvalue weighted by Crippen LogP contribution is 2.26. The zero-order chi connectivity index (χ0) is 14.8. The molecule has 0 aliphatic heterocycles. The van der Waals surface area contributed by atoms with Gasteiger partial charge in [0.2, 0.25) is 0 Å². The average molecular weight is 318 g/mol. The van der Waals surface area contributed by atoms with Crippen molar-refractivity contribution in [2.75, 3.05) is 0 Å². The number of para-hydroxylation sites is 2. The summed E-state index contributed by atoms with van der Waals surface area (Å²) in [4.78, 5) is 31.0. The van der Waals surface area contributed by atoms with Crippen LogP contribution in [0.4, 0.5) is 0 Å². The summed E-state index contributed by atoms with van der Waals surface area (Å²) in [6.07, 6.45) is 0. The van der Waals surface area contributed by atoms with Crippen LogP contribution >= 0.6 is 23.1 Å². The lowest BCUT2D eigenvalue weighted by atomic mass is 10.3. The maximum Gasteiger partial charge on any atom is 0.345 e. The second kappa shape index (κ2) is 5.71. The summed E-state index contributed by atoms with van der Waals surface area (Å²) >= 11 is 2.57. The number of hydrogen-bond donors (Lipinski definition) is 2. The number of carboxylic acids is 1. The Labute approximate surface area is 127 Å². The lowest BCUT2D eigenvalue weighted by Crippen LogP contribution is -2.14. The number of aromatic carboxylic acids is 1. The SMILES string of the molecule is O=C(O)c1cc(SCc2nc3ccccc3[nH]c2=O)cs1. The molecule has 21 heavy (non-hydrogen) atoms. The molecule has 5 nitrogen and oxygen atoms in total. The number of thiophene rings is 1. The largest absolute Gasteiger partial charge is 0.477 e. The molecule has 0 saturated heterocycles. The number of aromatic amines is 1. The summed E-state index contributed by atoms with van der Waals surface area (Å²) in [6, 6.07) is 8.95. The number of H-pyrrole nitrogens is 1. The summed E-state index contributed by atoms with van der Waals surface area (Å²) in [6.45, 7) is 0. The Morgan fingerprint density at radius 3 is 2.95 bits per heavy atom. The van der Waals surface area contributed by atoms with E-state index in [1.165, 1.54) is 23.1 Å². The quantitative estimate of drug-likeness (QED) is 0.723. The van der Waals surface area contributed by atoms with E-state index in [9.17, 15) is 9.59 Å². The molecule has 1 aromatic carbocycles. The van der Waals surface area contributed by atoms with Crippen molar-refractivity contribution in [3.05, 3.63) is 56.6 Å². The molecule has 0 spiro atoms. The third-order valence-corrected chi connectivity index (χ3v) is 4.89. The van der Waals surface area contributed by atoms with Crippen molar-refractivity contribution >= 4 is 40.1 Å². The molecule has 2 N–H and O–H groups in total. The second-order valence-corrected chi connectivity index (χ2v) is 6.23. The number of rotatable bonds is 4. The maximum absolute atomic E-state index is 11.9. The molecule has 7 heteroatoms. The van der Waals surface area contributed by atoms with E-state index in [-0.39, 0.29) is 10.4 Å². The smallest absolute Gasteiger partial charge is 0.345 e. The fourth-order valence-corrected chi connectivity index (χ4v) is 3.62. The van der Waals surface area contributed by atoms with Crippen LogP contribution in [0.1, 0.15) is 15.4 Å². The number of carboxylic acid groups (broad SMARTS) is 1. The molecule has 106 valence electrons. The lowest BCUT2D eigenvalue weighted by Gasteiger charge is -2.01. The first-order valence-corrected chi connectivity index (χ1v) is 7.92. The first kappa shape index (κ1) is 13.8. The van der Waals surface area contributed by atoms with Gasteiger partial charge in [-0.1, -0.05) is 12.1 Å². The van der Waals surface area contributed by atoms with Crippen LogP contribution in [0.15, 0.2) is 45.4 Å². The minimum absolute atomic E-state index is 0.213. The summed E-state index contributed by atoms with van der Waals surface area (Å²) in [7, 11) is 0. The average Bonchev–Trinajstić information content (AvgIpc) is 2.94. The van der Waals surface area contributed by atoms with Crippen LogP contribution in [0.25, 0.3) is 11.0 Å². The van der Waals surface area contributed by atoms with Crippen LogP contribution in [-0.2, 0) is 5.75 Å². The molecule has 0 aliphatic carbocycles. The Balaban J connectivity index is 1.82. The number of hydrogen-bond acceptors (Lipinski definition) is 5. The number of fused-ring (bicyclic) bond motifs is 1. The highest BCUT2D eigenvalue weighted by molar-refractivity contribution is 7.98. The molecule has 2 heterocycles. The van der Waals surface area contributed by atoms with Crippen LogP contribution in [-0.4, -0.2) is 21.0 Å². The van der Waals surface area contributed by atoms with E-state index in [1.807, 2.05) is 18.2 Å². The van der Waals surface area contributed by atoms with Crippen LogP contribution < -0.4 is 5.56 Å². The molecule has 3 rings (SSSR count). The van der Waals surface area contributed by atoms with Gasteiger partial charge < -0.3 is 10.1 Å². The lowest BCUT2D eigenvalue weighted by molar-refractivity contribution is 0.0702. The van der Waals surface area contributed by atoms with Crippen molar-refractivity contribution in [2.24, 2.45) is 0 Å². The molecule has 0 saturated carbocycles. The molecular weight excluding hydrogens is 308 g/mol. The Bertz CT molecular complexity index is 870. The van der Waals surface area contributed by atoms with Gasteiger partial charge in [0, 0.05) is 16.0 Å². The fraction of sp³-hybridized carbons (Fsp3) is 0.0714. The molecule has 0 unspecified atom stereocenters. The van der Waals surface area contributed by atoms with Gasteiger partial charge in [0.25, 0.3) is 5.56 Å². The number of thioether (sulfide) groups is 1. The number of aromatic nitrogens is 2. The van der Waals surface area contributed by atoms with Gasteiger partial charge in [-0.15, -0.1) is 23.1 Å². The predicted octanol–water partition coefficient (Wildman–Crippen LogP) is 2.98. The van der Waals surface area contributed by atoms with E-state index in [0.717, 1.165) is 10.4 Å². The van der Waals surface area contributed by atoms with Crippen LogP contribution in [0.3, 0.4) is 0 Å². The van der Waals surface area contributed by atoms with Crippen molar-refractivity contribution in [1.29, 1.82) is 0 Å². The Morgan fingerprint density at radius 1 is 1.38 bits per heavy atom. The van der Waals surface area contributed by atoms with Gasteiger partial charge in [0.1, 0.15) is 10.6 Å². The van der Waals surface area contributed by atoms with Gasteiger partial charge >= 0.3 is 5.97 Å². The van der Waals surface area contributed by atoms with Crippen molar-refractivity contribution in [1.82, 2.24) is 9.97 Å². The standard InChI is InChI=1S/C14H10N2O3S2/c17-13-11(15-9-3-1-2-4-10(9)16-13)7-20-8-5-12(14(18)19)21-6-8/h1-6H,7H2,(H,16,17)(H,18,19). The first-order chi connectivity index (χ1) is 10.1. The molecule has 0 radical (unpaired) electrons. The number of carbonyl (C=O) groups is 1. The highest BCUT2D eigenvalue weighted by atomic mass is 32.2. The van der Waals surface area contributed by atoms with Crippen molar-refractivity contribution in [3.8, 4) is 0 Å². The van der Waals surface area contributed by atoms with Crippen LogP contribution in [0.2, 0.25) is 0 Å². The molecule has 0 amide bonds. The Kier molecular flexibility index (Phi) is 3.76. The first-order valence-electron chi connectivity index (χ1n) is 6.06. The van der Waals surface area contributed by atoms with E-state index in [2.05, 4.69) is 9.97 Å². The third-order valence-electron chi connectivity index (χ3n) is 2.83.